The number of rotatable bonds is 79. The molecule has 0 aliphatic heterocycles. The second-order valence-electron chi connectivity index (χ2n) is 27.9. The number of allylic oxidation sites excluding steroid dienone is 20. The molecule has 0 aromatic rings. The van der Waals surface area contributed by atoms with Crippen LogP contribution in [0.2, 0.25) is 0 Å². The molecule has 16 nitrogen and oxygen atoms in total. The average molecular weight is 1520 g/mol. The summed E-state index contributed by atoms with van der Waals surface area (Å²) in [4.78, 5) is 58.7. The minimum atomic E-state index is -4.94. The lowest BCUT2D eigenvalue weighted by atomic mass is 10.0. The lowest BCUT2D eigenvalue weighted by Crippen LogP contribution is -2.30. The molecule has 0 radical (unpaired) electrons. The predicted molar refractivity (Wildman–Crippen MR) is 436 cm³/mol. The molecule has 4 N–H and O–H groups in total. The molecule has 0 aromatic heterocycles. The van der Waals surface area contributed by atoms with E-state index in [0.717, 1.165) is 141 Å². The number of esters is 3. The molecular weight excluding hydrogens is 1360 g/mol. The maximum Gasteiger partial charge on any atom is 0.472 e. The van der Waals surface area contributed by atoms with Gasteiger partial charge in [-0.1, -0.05) is 316 Å². The van der Waals surface area contributed by atoms with E-state index in [1.54, 1.807) is 0 Å². The molecule has 0 bridgehead atoms. The zero-order chi connectivity index (χ0) is 76.6. The van der Waals surface area contributed by atoms with Crippen LogP contribution >= 0.6 is 15.6 Å². The highest BCUT2D eigenvalue weighted by Gasteiger charge is 2.29. The van der Waals surface area contributed by atoms with Crippen LogP contribution in [-0.2, 0) is 55.8 Å². The summed E-state index contributed by atoms with van der Waals surface area (Å²) in [6.45, 7) is 2.61. The van der Waals surface area contributed by atoms with Crippen molar-refractivity contribution in [2.24, 2.45) is 0 Å². The zero-order valence-electron chi connectivity index (χ0n) is 66.4. The van der Waals surface area contributed by atoms with E-state index >= 15 is 0 Å². The first-order valence-electron chi connectivity index (χ1n) is 41.8. The number of aliphatic hydroxyl groups excluding tert-OH is 2. The minimum absolute atomic E-state index is 0.0868. The van der Waals surface area contributed by atoms with E-state index < -0.39 is 91.5 Å². The van der Waals surface area contributed by atoms with Crippen molar-refractivity contribution in [2.45, 2.75) is 373 Å². The van der Waals surface area contributed by atoms with Gasteiger partial charge >= 0.3 is 33.6 Å². The van der Waals surface area contributed by atoms with Crippen molar-refractivity contribution in [1.29, 1.82) is 0 Å². The second kappa shape index (κ2) is 79.5. The van der Waals surface area contributed by atoms with Crippen molar-refractivity contribution < 1.29 is 75.8 Å². The Hall–Kier alpha value is -4.05. The normalized spacial score (nSPS) is 14.5. The van der Waals surface area contributed by atoms with Crippen LogP contribution in [-0.4, -0.2) is 95.9 Å². The fourth-order valence-corrected chi connectivity index (χ4v) is 12.8. The van der Waals surface area contributed by atoms with Gasteiger partial charge in [-0.3, -0.25) is 32.5 Å². The van der Waals surface area contributed by atoms with Crippen LogP contribution in [0.25, 0.3) is 0 Å². The van der Waals surface area contributed by atoms with E-state index in [4.69, 9.17) is 32.3 Å². The van der Waals surface area contributed by atoms with Gasteiger partial charge in [-0.05, 0) is 141 Å². The number of hydrogen-bond donors (Lipinski definition) is 4. The molecule has 0 aliphatic rings. The summed E-state index contributed by atoms with van der Waals surface area (Å²) in [5.41, 5.74) is 0. The third kappa shape index (κ3) is 80.8. The summed E-state index contributed by atoms with van der Waals surface area (Å²) in [6.07, 6.45) is 95.2. The first-order chi connectivity index (χ1) is 51.2. The molecule has 0 rings (SSSR count). The maximum atomic E-state index is 13.0. The molecule has 606 valence electrons. The van der Waals surface area contributed by atoms with Crippen LogP contribution in [0.3, 0.4) is 0 Å². The zero-order valence-corrected chi connectivity index (χ0v) is 68.2. The molecule has 105 heavy (non-hydrogen) atoms. The smallest absolute Gasteiger partial charge is 0.463 e. The van der Waals surface area contributed by atoms with Crippen LogP contribution in [0.5, 0.6) is 0 Å². The SMILES string of the molecule is CCCCC/C=C\C/C=C\C/C=C\C/C=C\CCCCCCCCCCCCCC(=O)OCC(O)COP(=O)(O)OCC(O)COP(=O)(O)OCC(COC(=O)CCCCCCCCCCCCC/C=C\C/C=C\C/C=C\C/C=C\CCCCC)OC(=O)CCCCCCC/C=C\C/C=C\CCCCC. The van der Waals surface area contributed by atoms with Crippen LogP contribution in [0.15, 0.2) is 122 Å². The van der Waals surface area contributed by atoms with E-state index in [-0.39, 0.29) is 19.3 Å². The van der Waals surface area contributed by atoms with Gasteiger partial charge in [-0.25, -0.2) is 9.13 Å². The van der Waals surface area contributed by atoms with Crippen molar-refractivity contribution >= 4 is 33.6 Å². The molecule has 0 aromatic carbocycles. The Morgan fingerprint density at radius 3 is 0.752 bits per heavy atom. The third-order valence-corrected chi connectivity index (χ3v) is 19.5. The highest BCUT2D eigenvalue weighted by atomic mass is 31.2. The fourth-order valence-electron chi connectivity index (χ4n) is 11.2. The number of unbranched alkanes of at least 4 members (excludes halogenated alkanes) is 36. The molecule has 18 heteroatoms. The Morgan fingerprint density at radius 1 is 0.267 bits per heavy atom. The minimum Gasteiger partial charge on any atom is -0.463 e. The van der Waals surface area contributed by atoms with Gasteiger partial charge in [0.05, 0.1) is 26.4 Å². The fraction of sp³-hybridized carbons (Fsp3) is 0.736. The van der Waals surface area contributed by atoms with Crippen molar-refractivity contribution in [3.8, 4) is 0 Å². The quantitative estimate of drug-likeness (QED) is 0.0146. The Bertz CT molecular complexity index is 2390. The molecule has 0 spiro atoms. The number of carbonyl (C=O) groups is 3. The summed E-state index contributed by atoms with van der Waals surface area (Å²) >= 11 is 0. The number of hydrogen-bond acceptors (Lipinski definition) is 14. The van der Waals surface area contributed by atoms with Crippen molar-refractivity contribution in [3.05, 3.63) is 122 Å². The molecule has 5 unspecified atom stereocenters. The third-order valence-electron chi connectivity index (χ3n) is 17.6. The summed E-state index contributed by atoms with van der Waals surface area (Å²) in [5.74, 6) is -1.59. The van der Waals surface area contributed by atoms with Crippen LogP contribution in [0, 0.1) is 0 Å². The predicted octanol–water partition coefficient (Wildman–Crippen LogP) is 24.9. The number of carbonyl (C=O) groups excluding carboxylic acids is 3. The Balaban J connectivity index is 4.56. The van der Waals surface area contributed by atoms with Crippen LogP contribution in [0.4, 0.5) is 0 Å². The highest BCUT2D eigenvalue weighted by Crippen LogP contribution is 2.45. The van der Waals surface area contributed by atoms with Gasteiger partial charge in [0, 0.05) is 19.3 Å². The summed E-state index contributed by atoms with van der Waals surface area (Å²) < 4.78 is 61.2. The first kappa shape index (κ1) is 101. The first-order valence-corrected chi connectivity index (χ1v) is 44.8. The topological polar surface area (TPSA) is 231 Å². The monoisotopic (exact) mass is 1520 g/mol. The Kier molecular flexibility index (Phi) is 76.4. The highest BCUT2D eigenvalue weighted by molar-refractivity contribution is 7.47. The summed E-state index contributed by atoms with van der Waals surface area (Å²) in [5, 5.41) is 20.7. The number of ether oxygens (including phenoxy) is 3. The molecule has 0 aliphatic carbocycles. The average Bonchev–Trinajstić information content (AvgIpc) is 0.942. The summed E-state index contributed by atoms with van der Waals surface area (Å²) in [6, 6.07) is 0. The van der Waals surface area contributed by atoms with Gasteiger partial charge in [0.1, 0.15) is 25.4 Å². The number of phosphoric acid groups is 2. The van der Waals surface area contributed by atoms with Gasteiger partial charge in [-0.2, -0.15) is 0 Å². The van der Waals surface area contributed by atoms with E-state index in [9.17, 15) is 43.5 Å². The van der Waals surface area contributed by atoms with Crippen molar-refractivity contribution in [1.82, 2.24) is 0 Å². The Morgan fingerprint density at radius 2 is 0.476 bits per heavy atom. The lowest BCUT2D eigenvalue weighted by Gasteiger charge is -2.21. The van der Waals surface area contributed by atoms with Crippen LogP contribution < -0.4 is 0 Å². The lowest BCUT2D eigenvalue weighted by molar-refractivity contribution is -0.161. The number of phosphoric ester groups is 2. The largest absolute Gasteiger partial charge is 0.472 e. The van der Waals surface area contributed by atoms with Gasteiger partial charge in [0.15, 0.2) is 6.10 Å². The Labute approximate surface area is 640 Å². The van der Waals surface area contributed by atoms with Crippen molar-refractivity contribution in [3.63, 3.8) is 0 Å². The van der Waals surface area contributed by atoms with Gasteiger partial charge < -0.3 is 34.2 Å². The van der Waals surface area contributed by atoms with Gasteiger partial charge in [0.2, 0.25) is 0 Å². The van der Waals surface area contributed by atoms with Crippen LogP contribution in [0.1, 0.15) is 355 Å². The van der Waals surface area contributed by atoms with Gasteiger partial charge in [-0.15, -0.1) is 0 Å². The molecule has 0 amide bonds. The van der Waals surface area contributed by atoms with Crippen molar-refractivity contribution in [2.75, 3.05) is 39.6 Å². The molecule has 5 atom stereocenters. The molecular formula is C87H152O16P2. The number of aliphatic hydroxyl groups is 2. The molecule has 0 fully saturated rings. The summed E-state index contributed by atoms with van der Waals surface area (Å²) in [7, 11) is -9.80. The second-order valence-corrected chi connectivity index (χ2v) is 30.8. The standard InChI is InChI=1S/C87H152O16P2/c1-4-7-10-13-16-19-22-25-28-30-32-34-36-38-40-42-44-46-48-50-53-55-58-61-64-67-70-73-85(90)97-76-82(88)77-99-104(93,94)100-78-83(89)79-101-105(95,96)102-81-84(103-87(92)75-72-69-66-63-60-57-52-27-24-21-18-15-12-9-6-3)80-98-86(91)74-71-68-65-62-59-56-54-51-49-47-45-43-41-39-37-35-33-31-29-26-23-20-17-14-11-8-5-2/h16-21,25-29,32-35,38-41,52,82-84,88-89H,4-15,22-24,30-31,36-37,42-51,53-81H2,1-3H3,(H,93,94)(H,95,96)/b19-16-,20-17-,21-18-,28-25-,29-26-,34-32-,35-33-,40-38-,41-39-,52-27-. The van der Waals surface area contributed by atoms with E-state index in [2.05, 4.69) is 142 Å². The molecule has 0 heterocycles. The van der Waals surface area contributed by atoms with E-state index in [1.807, 2.05) is 0 Å². The van der Waals surface area contributed by atoms with E-state index in [1.165, 1.54) is 154 Å². The molecule has 0 saturated carbocycles. The van der Waals surface area contributed by atoms with Gasteiger partial charge in [0.25, 0.3) is 0 Å². The maximum absolute atomic E-state index is 13.0. The molecule has 0 saturated heterocycles. The van der Waals surface area contributed by atoms with E-state index in [0.29, 0.717) is 19.3 Å².